The quantitative estimate of drug-likeness (QED) is 0.684. The number of benzene rings is 1. The van der Waals surface area contributed by atoms with Gasteiger partial charge in [-0.2, -0.15) is 0 Å². The molecule has 2 rings (SSSR count). The molecule has 0 heterocycles. The second kappa shape index (κ2) is 4.61. The maximum atomic E-state index is 5.79. The number of hydrogen-bond acceptors (Lipinski definition) is 1. The van der Waals surface area contributed by atoms with Crippen LogP contribution >= 0.6 is 0 Å². The van der Waals surface area contributed by atoms with Gasteiger partial charge in [-0.05, 0) is 18.9 Å². The number of rotatable bonds is 2. The maximum absolute atomic E-state index is 5.79. The van der Waals surface area contributed by atoms with E-state index in [1.807, 2.05) is 18.2 Å². The van der Waals surface area contributed by atoms with E-state index in [9.17, 15) is 0 Å². The van der Waals surface area contributed by atoms with Crippen molar-refractivity contribution in [3.8, 4) is 18.1 Å². The molecule has 0 aliphatic heterocycles. The average molecular weight is 214 g/mol. The average Bonchev–Trinajstić information content (AvgIpc) is 2.39. The number of terminal acetylenes is 1. The largest absolute Gasteiger partial charge is 0.496 e. The molecular weight excluding hydrogens is 196 g/mol. The summed E-state index contributed by atoms with van der Waals surface area (Å²) >= 11 is 0. The lowest BCUT2D eigenvalue weighted by atomic mass is 9.70. The van der Waals surface area contributed by atoms with Gasteiger partial charge in [0.2, 0.25) is 0 Å². The Balaban J connectivity index is 2.43. The maximum Gasteiger partial charge on any atom is 0.123 e. The first-order chi connectivity index (χ1) is 7.82. The molecule has 1 aliphatic rings. The zero-order valence-corrected chi connectivity index (χ0v) is 9.83. The first kappa shape index (κ1) is 11.1. The van der Waals surface area contributed by atoms with Crippen LogP contribution in [-0.4, -0.2) is 7.11 Å². The van der Waals surface area contributed by atoms with Gasteiger partial charge in [-0.1, -0.05) is 43.4 Å². The molecule has 0 N–H and O–H groups in total. The van der Waals surface area contributed by atoms with Crippen molar-refractivity contribution in [1.82, 2.24) is 0 Å². The van der Waals surface area contributed by atoms with Crippen LogP contribution in [-0.2, 0) is 5.41 Å². The van der Waals surface area contributed by atoms with E-state index in [0.717, 1.165) is 18.6 Å². The van der Waals surface area contributed by atoms with Gasteiger partial charge in [-0.15, -0.1) is 6.42 Å². The van der Waals surface area contributed by atoms with Crippen molar-refractivity contribution in [3.05, 3.63) is 29.8 Å². The van der Waals surface area contributed by atoms with Crippen molar-refractivity contribution >= 4 is 0 Å². The molecule has 16 heavy (non-hydrogen) atoms. The van der Waals surface area contributed by atoms with Gasteiger partial charge in [-0.3, -0.25) is 0 Å². The Morgan fingerprint density at radius 3 is 2.50 bits per heavy atom. The van der Waals surface area contributed by atoms with Gasteiger partial charge in [0, 0.05) is 5.56 Å². The Morgan fingerprint density at radius 2 is 1.88 bits per heavy atom. The second-order valence-electron chi connectivity index (χ2n) is 4.49. The molecular formula is C15H18O. The predicted molar refractivity (Wildman–Crippen MR) is 66.6 cm³/mol. The summed E-state index contributed by atoms with van der Waals surface area (Å²) in [5, 5.41) is 0. The van der Waals surface area contributed by atoms with Gasteiger partial charge in [0.05, 0.1) is 12.5 Å². The first-order valence-electron chi connectivity index (χ1n) is 5.94. The van der Waals surface area contributed by atoms with Crippen LogP contribution in [0, 0.1) is 12.3 Å². The molecule has 0 unspecified atom stereocenters. The SMILES string of the molecule is C#CC1(c2ccccc2OC)CCCCC1. The molecule has 0 saturated heterocycles. The van der Waals surface area contributed by atoms with Gasteiger partial charge in [0.15, 0.2) is 0 Å². The summed E-state index contributed by atoms with van der Waals surface area (Å²) in [5.41, 5.74) is 1.10. The Morgan fingerprint density at radius 1 is 1.19 bits per heavy atom. The molecule has 0 aromatic heterocycles. The molecule has 84 valence electrons. The molecule has 0 spiro atoms. The van der Waals surface area contributed by atoms with Gasteiger partial charge in [0.25, 0.3) is 0 Å². The molecule has 1 aromatic carbocycles. The normalized spacial score (nSPS) is 18.8. The Kier molecular flexibility index (Phi) is 3.19. The third-order valence-corrected chi connectivity index (χ3v) is 3.61. The van der Waals surface area contributed by atoms with Crippen LogP contribution in [0.5, 0.6) is 5.75 Å². The Labute approximate surface area is 97.8 Å². The topological polar surface area (TPSA) is 9.23 Å². The van der Waals surface area contributed by atoms with Crippen molar-refractivity contribution in [2.24, 2.45) is 0 Å². The smallest absolute Gasteiger partial charge is 0.123 e. The van der Waals surface area contributed by atoms with Crippen LogP contribution in [0.3, 0.4) is 0 Å². The minimum Gasteiger partial charge on any atom is -0.496 e. The molecule has 1 aromatic rings. The van der Waals surface area contributed by atoms with E-state index in [4.69, 9.17) is 11.2 Å². The predicted octanol–water partition coefficient (Wildman–Crippen LogP) is 3.53. The van der Waals surface area contributed by atoms with Crippen molar-refractivity contribution < 1.29 is 4.74 Å². The number of ether oxygens (including phenoxy) is 1. The monoisotopic (exact) mass is 214 g/mol. The van der Waals surface area contributed by atoms with Gasteiger partial charge < -0.3 is 4.74 Å². The van der Waals surface area contributed by atoms with E-state index < -0.39 is 0 Å². The fourth-order valence-corrected chi connectivity index (χ4v) is 2.69. The van der Waals surface area contributed by atoms with Crippen LogP contribution in [0.1, 0.15) is 37.7 Å². The number of para-hydroxylation sites is 1. The summed E-state index contributed by atoms with van der Waals surface area (Å²) in [6.45, 7) is 0. The molecule has 1 heteroatoms. The zero-order chi connectivity index (χ0) is 11.4. The van der Waals surface area contributed by atoms with Crippen LogP contribution < -0.4 is 4.74 Å². The highest BCUT2D eigenvalue weighted by Crippen LogP contribution is 2.42. The molecule has 0 radical (unpaired) electrons. The summed E-state index contributed by atoms with van der Waals surface area (Å²) in [7, 11) is 1.71. The van der Waals surface area contributed by atoms with Crippen molar-refractivity contribution in [1.29, 1.82) is 0 Å². The molecule has 0 amide bonds. The minimum absolute atomic E-state index is 0.0924. The molecule has 1 aliphatic carbocycles. The van der Waals surface area contributed by atoms with E-state index in [-0.39, 0.29) is 5.41 Å². The van der Waals surface area contributed by atoms with E-state index in [1.54, 1.807) is 7.11 Å². The summed E-state index contributed by atoms with van der Waals surface area (Å²) in [4.78, 5) is 0. The summed E-state index contributed by atoms with van der Waals surface area (Å²) in [5.74, 6) is 3.96. The second-order valence-corrected chi connectivity index (χ2v) is 4.49. The standard InChI is InChI=1S/C15H18O/c1-3-15(11-7-4-8-12-15)13-9-5-6-10-14(13)16-2/h1,5-6,9-10H,4,7-8,11-12H2,2H3. The molecule has 0 atom stereocenters. The lowest BCUT2D eigenvalue weighted by Gasteiger charge is -2.33. The van der Waals surface area contributed by atoms with E-state index in [1.165, 1.54) is 24.8 Å². The summed E-state index contributed by atoms with van der Waals surface area (Å²) in [6.07, 6.45) is 11.7. The van der Waals surface area contributed by atoms with Crippen LogP contribution in [0.15, 0.2) is 24.3 Å². The van der Waals surface area contributed by atoms with Gasteiger partial charge in [-0.25, -0.2) is 0 Å². The van der Waals surface area contributed by atoms with Crippen LogP contribution in [0.4, 0.5) is 0 Å². The van der Waals surface area contributed by atoms with Crippen LogP contribution in [0.25, 0.3) is 0 Å². The summed E-state index contributed by atoms with van der Waals surface area (Å²) in [6, 6.07) is 8.16. The highest BCUT2D eigenvalue weighted by atomic mass is 16.5. The zero-order valence-electron chi connectivity index (χ0n) is 9.83. The highest BCUT2D eigenvalue weighted by Gasteiger charge is 2.33. The highest BCUT2D eigenvalue weighted by molar-refractivity contribution is 5.45. The summed E-state index contributed by atoms with van der Waals surface area (Å²) < 4.78 is 5.43. The van der Waals surface area contributed by atoms with E-state index in [0.29, 0.717) is 0 Å². The Hall–Kier alpha value is -1.42. The number of hydrogen-bond donors (Lipinski definition) is 0. The third kappa shape index (κ3) is 1.80. The van der Waals surface area contributed by atoms with Gasteiger partial charge >= 0.3 is 0 Å². The van der Waals surface area contributed by atoms with Gasteiger partial charge in [0.1, 0.15) is 5.75 Å². The van der Waals surface area contributed by atoms with Crippen molar-refractivity contribution in [3.63, 3.8) is 0 Å². The molecule has 1 nitrogen and oxygen atoms in total. The van der Waals surface area contributed by atoms with Crippen molar-refractivity contribution in [2.45, 2.75) is 37.5 Å². The van der Waals surface area contributed by atoms with Crippen LogP contribution in [0.2, 0.25) is 0 Å². The molecule has 1 saturated carbocycles. The fourth-order valence-electron chi connectivity index (χ4n) is 2.69. The molecule has 0 bridgehead atoms. The number of methoxy groups -OCH3 is 1. The lowest BCUT2D eigenvalue weighted by Crippen LogP contribution is -2.27. The minimum atomic E-state index is -0.0924. The molecule has 1 fully saturated rings. The van der Waals surface area contributed by atoms with Crippen molar-refractivity contribution in [2.75, 3.05) is 7.11 Å². The lowest BCUT2D eigenvalue weighted by molar-refractivity contribution is 0.345. The first-order valence-corrected chi connectivity index (χ1v) is 5.94. The third-order valence-electron chi connectivity index (χ3n) is 3.61. The Bertz CT molecular complexity index is 394. The van der Waals surface area contributed by atoms with E-state index >= 15 is 0 Å². The fraction of sp³-hybridized carbons (Fsp3) is 0.467. The van der Waals surface area contributed by atoms with E-state index in [2.05, 4.69) is 12.0 Å².